The van der Waals surface area contributed by atoms with E-state index in [4.69, 9.17) is 27.6 Å². The molecule has 12 heteroatoms. The summed E-state index contributed by atoms with van der Waals surface area (Å²) in [5.41, 5.74) is -4.56. The summed E-state index contributed by atoms with van der Waals surface area (Å²) in [6.45, 7) is 6.10. The summed E-state index contributed by atoms with van der Waals surface area (Å²) >= 11 is 12.4. The molecule has 0 bridgehead atoms. The molecule has 0 saturated heterocycles. The minimum atomic E-state index is -4.90. The number of nitrogens with zero attached hydrogens (tertiary/aromatic N) is 3. The number of fused-ring (bicyclic) bond motifs is 1. The fourth-order valence-corrected chi connectivity index (χ4v) is 6.25. The number of oxazole rings is 1. The first-order chi connectivity index (χ1) is 18.0. The lowest BCUT2D eigenvalue weighted by atomic mass is 9.78. The fraction of sp³-hybridized carbons (Fsp3) is 0.407. The molecule has 1 N–H and O–H groups in total. The summed E-state index contributed by atoms with van der Waals surface area (Å²) in [5, 5.41) is 12.0. The summed E-state index contributed by atoms with van der Waals surface area (Å²) in [5.74, 6) is -0.867. The average molecular weight is 605 g/mol. The van der Waals surface area contributed by atoms with Crippen LogP contribution in [0, 0.1) is 5.92 Å². The number of aromatic nitrogens is 1. The first-order valence-electron chi connectivity index (χ1n) is 12.4. The normalized spacial score (nSPS) is 22.6. The zero-order chi connectivity index (χ0) is 27.4. The highest BCUT2D eigenvalue weighted by atomic mass is 35.5. The van der Waals surface area contributed by atoms with Crippen LogP contribution in [0.2, 0.25) is 10.0 Å². The van der Waals surface area contributed by atoms with Crippen LogP contribution in [-0.4, -0.2) is 46.6 Å². The standard InChI is InChI=1S/C27H26Cl2F3N3O3.ClH/c1-3-34(4-2)18-9-15(10-18)14-35-22-12-16(24-33-7-8-38-24)11-20(27(30,31)32)23(22)26(37,25(35)36)19-6-5-17(28)13-21(19)29;/h5-8,11-13,15,18,37H,3-4,9-10,14H2,1-2H3;1H/t15-,18-,26?;. The first-order valence-corrected chi connectivity index (χ1v) is 13.1. The predicted molar refractivity (Wildman–Crippen MR) is 145 cm³/mol. The van der Waals surface area contributed by atoms with Crippen LogP contribution in [-0.2, 0) is 16.6 Å². The van der Waals surface area contributed by atoms with E-state index in [1.807, 2.05) is 0 Å². The molecule has 1 saturated carbocycles. The van der Waals surface area contributed by atoms with Crippen molar-refractivity contribution in [2.75, 3.05) is 24.5 Å². The summed E-state index contributed by atoms with van der Waals surface area (Å²) in [6.07, 6.45) is -0.728. The van der Waals surface area contributed by atoms with Crippen molar-refractivity contribution in [1.29, 1.82) is 0 Å². The lowest BCUT2D eigenvalue weighted by Gasteiger charge is -2.43. The van der Waals surface area contributed by atoms with Gasteiger partial charge in [-0.25, -0.2) is 4.98 Å². The van der Waals surface area contributed by atoms with E-state index >= 15 is 0 Å². The molecule has 0 spiro atoms. The van der Waals surface area contributed by atoms with Crippen LogP contribution in [0.15, 0.2) is 47.2 Å². The zero-order valence-corrected chi connectivity index (χ0v) is 23.5. The molecule has 0 radical (unpaired) electrons. The number of hydrogen-bond donors (Lipinski definition) is 1. The van der Waals surface area contributed by atoms with Crippen molar-refractivity contribution in [2.45, 2.75) is 44.5 Å². The van der Waals surface area contributed by atoms with Gasteiger partial charge in [-0.3, -0.25) is 4.79 Å². The maximum atomic E-state index is 14.5. The number of amides is 1. The lowest BCUT2D eigenvalue weighted by Crippen LogP contribution is -2.50. The largest absolute Gasteiger partial charge is 0.445 e. The molecule has 2 heterocycles. The summed E-state index contributed by atoms with van der Waals surface area (Å²) < 4.78 is 48.9. The highest BCUT2D eigenvalue weighted by Gasteiger charge is 2.57. The van der Waals surface area contributed by atoms with Crippen LogP contribution in [0.1, 0.15) is 43.4 Å². The molecule has 1 aliphatic heterocycles. The highest BCUT2D eigenvalue weighted by Crippen LogP contribution is 2.53. The average Bonchev–Trinajstić information content (AvgIpc) is 3.44. The van der Waals surface area contributed by atoms with Crippen molar-refractivity contribution in [1.82, 2.24) is 9.88 Å². The topological polar surface area (TPSA) is 69.8 Å². The second-order valence-electron chi connectivity index (χ2n) is 9.72. The zero-order valence-electron chi connectivity index (χ0n) is 21.1. The number of carbonyl (C=O) groups is 1. The van der Waals surface area contributed by atoms with Gasteiger partial charge in [-0.15, -0.1) is 12.4 Å². The van der Waals surface area contributed by atoms with Crippen molar-refractivity contribution in [3.63, 3.8) is 0 Å². The van der Waals surface area contributed by atoms with Crippen molar-refractivity contribution >= 4 is 47.2 Å². The van der Waals surface area contributed by atoms with Crippen molar-refractivity contribution in [2.24, 2.45) is 5.92 Å². The van der Waals surface area contributed by atoms with E-state index in [0.29, 0.717) is 6.04 Å². The molecule has 5 rings (SSSR count). The molecule has 1 aromatic heterocycles. The number of hydrogen-bond acceptors (Lipinski definition) is 5. The van der Waals surface area contributed by atoms with Gasteiger partial charge in [0.2, 0.25) is 5.89 Å². The maximum Gasteiger partial charge on any atom is 0.416 e. The molecule has 1 fully saturated rings. The molecule has 2 aliphatic rings. The minimum Gasteiger partial charge on any atom is -0.445 e. The van der Waals surface area contributed by atoms with Gasteiger partial charge >= 0.3 is 6.18 Å². The molecule has 210 valence electrons. The van der Waals surface area contributed by atoms with Gasteiger partial charge in [0.25, 0.3) is 5.91 Å². The van der Waals surface area contributed by atoms with Gasteiger partial charge in [0.15, 0.2) is 5.60 Å². The van der Waals surface area contributed by atoms with E-state index in [1.54, 1.807) is 0 Å². The van der Waals surface area contributed by atoms with Gasteiger partial charge in [0.05, 0.1) is 17.4 Å². The smallest absolute Gasteiger partial charge is 0.416 e. The SMILES string of the molecule is CCN(CC)[C@H]1C[C@H](CN2C(=O)C(O)(c3ccc(Cl)cc3Cl)c3c2cc(-c2ncco2)cc3C(F)(F)F)C1.Cl. The number of anilines is 1. The number of halogens is 6. The number of benzene rings is 2. The summed E-state index contributed by atoms with van der Waals surface area (Å²) in [4.78, 5) is 21.5. The monoisotopic (exact) mass is 603 g/mol. The first kappa shape index (κ1) is 29.7. The van der Waals surface area contributed by atoms with Gasteiger partial charge in [-0.2, -0.15) is 13.2 Å². The predicted octanol–water partition coefficient (Wildman–Crippen LogP) is 6.79. The third kappa shape index (κ3) is 5.04. The van der Waals surface area contributed by atoms with Crippen LogP contribution in [0.4, 0.5) is 18.9 Å². The molecule has 1 unspecified atom stereocenters. The van der Waals surface area contributed by atoms with Crippen molar-refractivity contribution in [3.8, 4) is 11.5 Å². The van der Waals surface area contributed by atoms with E-state index < -0.39 is 28.8 Å². The van der Waals surface area contributed by atoms with Gasteiger partial charge in [0.1, 0.15) is 6.26 Å². The van der Waals surface area contributed by atoms with Gasteiger partial charge < -0.3 is 19.3 Å². The molecule has 3 aromatic rings. The number of rotatable bonds is 7. The Bertz CT molecular complexity index is 1360. The van der Waals surface area contributed by atoms with Gasteiger partial charge in [-0.05, 0) is 56.1 Å². The van der Waals surface area contributed by atoms with Crippen LogP contribution in [0.25, 0.3) is 11.5 Å². The summed E-state index contributed by atoms with van der Waals surface area (Å²) in [6, 6.07) is 6.57. The Labute approximate surface area is 240 Å². The van der Waals surface area contributed by atoms with Crippen molar-refractivity contribution < 1.29 is 27.5 Å². The minimum absolute atomic E-state index is 0. The fourth-order valence-electron chi connectivity index (χ4n) is 5.70. The van der Waals surface area contributed by atoms with Crippen LogP contribution in [0.5, 0.6) is 0 Å². The number of alkyl halides is 3. The van der Waals surface area contributed by atoms with E-state index in [2.05, 4.69) is 23.7 Å². The molecular formula is C27H27Cl3F3N3O3. The second-order valence-corrected chi connectivity index (χ2v) is 10.6. The Kier molecular flexibility index (Phi) is 8.32. The summed E-state index contributed by atoms with van der Waals surface area (Å²) in [7, 11) is 0. The molecule has 39 heavy (non-hydrogen) atoms. The van der Waals surface area contributed by atoms with Crippen LogP contribution >= 0.6 is 35.6 Å². The van der Waals surface area contributed by atoms with Crippen LogP contribution < -0.4 is 4.90 Å². The number of carbonyl (C=O) groups excluding carboxylic acids is 1. The second kappa shape index (κ2) is 10.9. The molecule has 1 amide bonds. The van der Waals surface area contributed by atoms with Gasteiger partial charge in [0, 0.05) is 39.3 Å². The Morgan fingerprint density at radius 3 is 2.44 bits per heavy atom. The van der Waals surface area contributed by atoms with Gasteiger partial charge in [-0.1, -0.05) is 43.1 Å². The number of aliphatic hydroxyl groups is 1. The molecular weight excluding hydrogens is 578 g/mol. The Morgan fingerprint density at radius 2 is 1.87 bits per heavy atom. The Morgan fingerprint density at radius 1 is 1.18 bits per heavy atom. The third-order valence-corrected chi connectivity index (χ3v) is 8.16. The van der Waals surface area contributed by atoms with E-state index in [-0.39, 0.29) is 57.6 Å². The lowest BCUT2D eigenvalue weighted by molar-refractivity contribution is -0.142. The van der Waals surface area contributed by atoms with Crippen LogP contribution in [0.3, 0.4) is 0 Å². The quantitative estimate of drug-likeness (QED) is 0.322. The molecule has 6 nitrogen and oxygen atoms in total. The molecule has 2 aromatic carbocycles. The Hall–Kier alpha value is -2.30. The highest BCUT2D eigenvalue weighted by molar-refractivity contribution is 6.35. The Balaban J connectivity index is 0.00000353. The molecule has 1 atom stereocenters. The van der Waals surface area contributed by atoms with E-state index in [1.165, 1.54) is 41.6 Å². The molecule has 1 aliphatic carbocycles. The maximum absolute atomic E-state index is 14.5. The van der Waals surface area contributed by atoms with Crippen molar-refractivity contribution in [3.05, 3.63) is 69.5 Å². The van der Waals surface area contributed by atoms with E-state index in [9.17, 15) is 23.1 Å². The van der Waals surface area contributed by atoms with E-state index in [0.717, 1.165) is 32.0 Å². The third-order valence-electron chi connectivity index (χ3n) is 7.61.